The van der Waals surface area contributed by atoms with Gasteiger partial charge in [0.05, 0.1) is 5.92 Å². The molecule has 1 aliphatic rings. The number of hydrogen-bond donors (Lipinski definition) is 0. The third-order valence-corrected chi connectivity index (χ3v) is 2.67. The van der Waals surface area contributed by atoms with Crippen molar-refractivity contribution in [1.29, 1.82) is 0 Å². The fourth-order valence-electron chi connectivity index (χ4n) is 1.77. The van der Waals surface area contributed by atoms with Crippen LogP contribution in [0.15, 0.2) is 18.2 Å². The SMILES string of the molecule is CC(C)C(=O)Oc1cccc2c1CC(=O)C2. The Morgan fingerprint density at radius 3 is 2.75 bits per heavy atom. The van der Waals surface area contributed by atoms with Crippen molar-refractivity contribution < 1.29 is 14.3 Å². The smallest absolute Gasteiger partial charge is 0.313 e. The lowest BCUT2D eigenvalue weighted by Gasteiger charge is -2.10. The molecule has 3 heteroatoms. The average molecular weight is 218 g/mol. The number of rotatable bonds is 2. The van der Waals surface area contributed by atoms with Gasteiger partial charge in [-0.15, -0.1) is 0 Å². The van der Waals surface area contributed by atoms with Gasteiger partial charge in [0.25, 0.3) is 0 Å². The Hall–Kier alpha value is -1.64. The van der Waals surface area contributed by atoms with Crippen LogP contribution in [0.4, 0.5) is 0 Å². The number of ketones is 1. The molecular formula is C13H14O3. The first kappa shape index (κ1) is 10.9. The molecule has 1 aromatic rings. The Morgan fingerprint density at radius 2 is 2.06 bits per heavy atom. The van der Waals surface area contributed by atoms with Gasteiger partial charge in [0, 0.05) is 18.4 Å². The second-order valence-corrected chi connectivity index (χ2v) is 4.36. The van der Waals surface area contributed by atoms with E-state index in [2.05, 4.69) is 0 Å². The monoisotopic (exact) mass is 218 g/mol. The second kappa shape index (κ2) is 4.08. The molecule has 0 N–H and O–H groups in total. The molecule has 0 saturated carbocycles. The molecular weight excluding hydrogens is 204 g/mol. The van der Waals surface area contributed by atoms with E-state index in [-0.39, 0.29) is 17.7 Å². The molecule has 0 saturated heterocycles. The van der Waals surface area contributed by atoms with Gasteiger partial charge in [-0.2, -0.15) is 0 Å². The van der Waals surface area contributed by atoms with E-state index < -0.39 is 0 Å². The van der Waals surface area contributed by atoms with Gasteiger partial charge in [0.1, 0.15) is 11.5 Å². The van der Waals surface area contributed by atoms with E-state index in [1.165, 1.54) is 0 Å². The Balaban J connectivity index is 2.27. The van der Waals surface area contributed by atoms with E-state index in [0.29, 0.717) is 18.6 Å². The summed E-state index contributed by atoms with van der Waals surface area (Å²) in [5.41, 5.74) is 1.86. The number of carbonyl (C=O) groups excluding carboxylic acids is 2. The summed E-state index contributed by atoms with van der Waals surface area (Å²) in [5, 5.41) is 0. The molecule has 0 heterocycles. The lowest BCUT2D eigenvalue weighted by Crippen LogP contribution is -2.15. The maximum absolute atomic E-state index is 11.5. The average Bonchev–Trinajstić information content (AvgIpc) is 2.59. The molecule has 0 atom stereocenters. The molecule has 16 heavy (non-hydrogen) atoms. The third kappa shape index (κ3) is 1.98. The molecule has 0 amide bonds. The number of benzene rings is 1. The van der Waals surface area contributed by atoms with Crippen LogP contribution in [0.1, 0.15) is 25.0 Å². The van der Waals surface area contributed by atoms with Crippen LogP contribution in [-0.2, 0) is 22.4 Å². The molecule has 84 valence electrons. The van der Waals surface area contributed by atoms with Crippen LogP contribution in [0.2, 0.25) is 0 Å². The summed E-state index contributed by atoms with van der Waals surface area (Å²) in [6.45, 7) is 3.58. The number of hydrogen-bond acceptors (Lipinski definition) is 3. The Morgan fingerprint density at radius 1 is 1.31 bits per heavy atom. The van der Waals surface area contributed by atoms with Crippen molar-refractivity contribution in [3.8, 4) is 5.75 Å². The van der Waals surface area contributed by atoms with Gasteiger partial charge in [-0.05, 0) is 11.6 Å². The van der Waals surface area contributed by atoms with Crippen molar-refractivity contribution in [3.05, 3.63) is 29.3 Å². The van der Waals surface area contributed by atoms with Gasteiger partial charge in [-0.3, -0.25) is 9.59 Å². The van der Waals surface area contributed by atoms with E-state index in [1.54, 1.807) is 19.9 Å². The number of fused-ring (bicyclic) bond motifs is 1. The lowest BCUT2D eigenvalue weighted by atomic mass is 10.1. The van der Waals surface area contributed by atoms with Gasteiger partial charge in [-0.25, -0.2) is 0 Å². The summed E-state index contributed by atoms with van der Waals surface area (Å²) in [7, 11) is 0. The molecule has 1 aliphatic carbocycles. The summed E-state index contributed by atoms with van der Waals surface area (Å²) >= 11 is 0. The van der Waals surface area contributed by atoms with Crippen molar-refractivity contribution in [3.63, 3.8) is 0 Å². The molecule has 0 spiro atoms. The Kier molecular flexibility index (Phi) is 2.77. The highest BCUT2D eigenvalue weighted by molar-refractivity contribution is 5.89. The maximum Gasteiger partial charge on any atom is 0.313 e. The van der Waals surface area contributed by atoms with Crippen LogP contribution < -0.4 is 4.74 Å². The van der Waals surface area contributed by atoms with Gasteiger partial charge in [0.15, 0.2) is 0 Å². The zero-order valence-electron chi connectivity index (χ0n) is 9.45. The molecule has 3 nitrogen and oxygen atoms in total. The fraction of sp³-hybridized carbons (Fsp3) is 0.385. The predicted molar refractivity (Wildman–Crippen MR) is 59.3 cm³/mol. The molecule has 2 rings (SSSR count). The highest BCUT2D eigenvalue weighted by Crippen LogP contribution is 2.29. The number of Topliss-reactive ketones (excluding diaryl/α,β-unsaturated/α-hetero) is 1. The second-order valence-electron chi connectivity index (χ2n) is 4.36. The minimum Gasteiger partial charge on any atom is -0.426 e. The molecule has 1 aromatic carbocycles. The topological polar surface area (TPSA) is 43.4 Å². The summed E-state index contributed by atoms with van der Waals surface area (Å²) in [4.78, 5) is 22.8. The van der Waals surface area contributed by atoms with E-state index in [1.807, 2.05) is 12.1 Å². The van der Waals surface area contributed by atoms with Crippen molar-refractivity contribution >= 4 is 11.8 Å². The van der Waals surface area contributed by atoms with Gasteiger partial charge < -0.3 is 4.74 Å². The van der Waals surface area contributed by atoms with E-state index in [4.69, 9.17) is 4.74 Å². The van der Waals surface area contributed by atoms with Gasteiger partial charge in [-0.1, -0.05) is 26.0 Å². The van der Waals surface area contributed by atoms with E-state index in [0.717, 1.165) is 11.1 Å². The normalized spacial score (nSPS) is 14.1. The molecule has 0 aliphatic heterocycles. The maximum atomic E-state index is 11.5. The van der Waals surface area contributed by atoms with Crippen LogP contribution >= 0.6 is 0 Å². The molecule has 0 bridgehead atoms. The first-order chi connectivity index (χ1) is 7.58. The van der Waals surface area contributed by atoms with Crippen LogP contribution in [0.5, 0.6) is 5.75 Å². The zero-order valence-corrected chi connectivity index (χ0v) is 9.45. The first-order valence-corrected chi connectivity index (χ1v) is 5.42. The van der Waals surface area contributed by atoms with Crippen LogP contribution in [0.3, 0.4) is 0 Å². The van der Waals surface area contributed by atoms with Gasteiger partial charge in [0.2, 0.25) is 0 Å². The van der Waals surface area contributed by atoms with E-state index >= 15 is 0 Å². The highest BCUT2D eigenvalue weighted by Gasteiger charge is 2.23. The minimum atomic E-state index is -0.257. The molecule has 0 fully saturated rings. The van der Waals surface area contributed by atoms with Crippen molar-refractivity contribution in [2.75, 3.05) is 0 Å². The first-order valence-electron chi connectivity index (χ1n) is 5.42. The summed E-state index contributed by atoms with van der Waals surface area (Å²) < 4.78 is 5.28. The van der Waals surface area contributed by atoms with Crippen molar-refractivity contribution in [1.82, 2.24) is 0 Å². The standard InChI is InChI=1S/C13H14O3/c1-8(2)13(15)16-12-5-3-4-9-6-10(14)7-11(9)12/h3-5,8H,6-7H2,1-2H3. The minimum absolute atomic E-state index is 0.159. The lowest BCUT2D eigenvalue weighted by molar-refractivity contribution is -0.137. The Bertz CT molecular complexity index is 446. The van der Waals surface area contributed by atoms with Crippen LogP contribution in [0.25, 0.3) is 0 Å². The molecule has 0 radical (unpaired) electrons. The van der Waals surface area contributed by atoms with Crippen molar-refractivity contribution in [2.24, 2.45) is 5.92 Å². The number of carbonyl (C=O) groups is 2. The van der Waals surface area contributed by atoms with E-state index in [9.17, 15) is 9.59 Å². The van der Waals surface area contributed by atoms with Gasteiger partial charge >= 0.3 is 5.97 Å². The highest BCUT2D eigenvalue weighted by atomic mass is 16.5. The predicted octanol–water partition coefficient (Wildman–Crippen LogP) is 1.92. The van der Waals surface area contributed by atoms with Crippen LogP contribution in [-0.4, -0.2) is 11.8 Å². The fourth-order valence-corrected chi connectivity index (χ4v) is 1.77. The molecule has 0 unspecified atom stereocenters. The third-order valence-electron chi connectivity index (χ3n) is 2.67. The zero-order chi connectivity index (χ0) is 11.7. The summed E-state index contributed by atoms with van der Waals surface area (Å²) in [6, 6.07) is 5.48. The number of ether oxygens (including phenoxy) is 1. The van der Waals surface area contributed by atoms with Crippen LogP contribution in [0, 0.1) is 5.92 Å². The molecule has 0 aromatic heterocycles. The summed E-state index contributed by atoms with van der Waals surface area (Å²) in [5.74, 6) is 0.311. The Labute approximate surface area is 94.4 Å². The number of esters is 1. The van der Waals surface area contributed by atoms with Crippen molar-refractivity contribution in [2.45, 2.75) is 26.7 Å². The quantitative estimate of drug-likeness (QED) is 0.562. The summed E-state index contributed by atoms with van der Waals surface area (Å²) in [6.07, 6.45) is 0.847. The largest absolute Gasteiger partial charge is 0.426 e.